The number of carbonyl (C=O) groups is 1. The number of aromatic carboxylic acids is 1. The summed E-state index contributed by atoms with van der Waals surface area (Å²) in [4.78, 5) is 15.9. The number of carboxylic acids is 1. The fourth-order valence-corrected chi connectivity index (χ4v) is 3.24. The van der Waals surface area contributed by atoms with Crippen molar-refractivity contribution in [3.63, 3.8) is 0 Å². The molecule has 0 bridgehead atoms. The maximum absolute atomic E-state index is 11.0. The maximum atomic E-state index is 11.0. The topological polar surface area (TPSA) is 43.8 Å². The summed E-state index contributed by atoms with van der Waals surface area (Å²) in [5.41, 5.74) is 2.98. The van der Waals surface area contributed by atoms with Gasteiger partial charge >= 0.3 is 5.97 Å². The first-order valence-corrected chi connectivity index (χ1v) is 6.94. The van der Waals surface area contributed by atoms with E-state index >= 15 is 0 Å². The van der Waals surface area contributed by atoms with Crippen molar-refractivity contribution in [2.24, 2.45) is 0 Å². The Morgan fingerprint density at radius 3 is 2.68 bits per heavy atom. The number of piperazine rings is 1. The summed E-state index contributed by atoms with van der Waals surface area (Å²) >= 11 is 0. The molecule has 102 valence electrons. The van der Waals surface area contributed by atoms with E-state index in [1.807, 2.05) is 12.1 Å². The van der Waals surface area contributed by atoms with Crippen LogP contribution in [0.5, 0.6) is 0 Å². The van der Waals surface area contributed by atoms with Crippen molar-refractivity contribution in [3.05, 3.63) is 34.9 Å². The number of nitrogens with zero attached hydrogens (tertiary/aromatic N) is 2. The predicted molar refractivity (Wildman–Crippen MR) is 73.5 cm³/mol. The summed E-state index contributed by atoms with van der Waals surface area (Å²) in [5.74, 6) is -0.828. The predicted octanol–water partition coefficient (Wildman–Crippen LogP) is 1.62. The number of hydrogen-bond acceptors (Lipinski definition) is 3. The van der Waals surface area contributed by atoms with E-state index in [0.29, 0.717) is 11.6 Å². The van der Waals surface area contributed by atoms with Gasteiger partial charge in [0.1, 0.15) is 0 Å². The minimum absolute atomic E-state index is 0.415. The molecule has 19 heavy (non-hydrogen) atoms. The summed E-state index contributed by atoms with van der Waals surface area (Å²) in [6.07, 6.45) is 2.13. The van der Waals surface area contributed by atoms with Gasteiger partial charge in [-0.25, -0.2) is 4.79 Å². The zero-order valence-corrected chi connectivity index (χ0v) is 11.3. The molecule has 1 aliphatic carbocycles. The van der Waals surface area contributed by atoms with Crippen LogP contribution in [0.25, 0.3) is 0 Å². The first kappa shape index (κ1) is 12.6. The largest absolute Gasteiger partial charge is 0.478 e. The second-order valence-electron chi connectivity index (χ2n) is 5.61. The minimum atomic E-state index is -0.828. The average Bonchev–Trinajstić information content (AvgIpc) is 2.82. The van der Waals surface area contributed by atoms with Gasteiger partial charge in [-0.2, -0.15) is 0 Å². The lowest BCUT2D eigenvalue weighted by molar-refractivity contribution is 0.0696. The molecular weight excluding hydrogens is 240 g/mol. The van der Waals surface area contributed by atoms with Gasteiger partial charge in [-0.1, -0.05) is 6.07 Å². The third-order valence-electron chi connectivity index (χ3n) is 4.41. The van der Waals surface area contributed by atoms with E-state index in [1.54, 1.807) is 6.07 Å². The highest BCUT2D eigenvalue weighted by Gasteiger charge is 2.29. The smallest absolute Gasteiger partial charge is 0.335 e. The molecule has 1 aromatic rings. The van der Waals surface area contributed by atoms with Crippen LogP contribution in [-0.4, -0.2) is 54.1 Å². The third-order valence-corrected chi connectivity index (χ3v) is 4.41. The molecule has 0 spiro atoms. The summed E-state index contributed by atoms with van der Waals surface area (Å²) < 4.78 is 0. The molecule has 0 amide bonds. The Morgan fingerprint density at radius 1 is 1.26 bits per heavy atom. The van der Waals surface area contributed by atoms with E-state index in [4.69, 9.17) is 5.11 Å². The van der Waals surface area contributed by atoms with Crippen LogP contribution in [0.4, 0.5) is 0 Å². The molecule has 1 saturated heterocycles. The fraction of sp³-hybridized carbons (Fsp3) is 0.533. The molecule has 0 radical (unpaired) electrons. The van der Waals surface area contributed by atoms with Gasteiger partial charge in [0.05, 0.1) is 5.56 Å². The van der Waals surface area contributed by atoms with Crippen LogP contribution in [0.15, 0.2) is 18.2 Å². The molecule has 1 atom stereocenters. The lowest BCUT2D eigenvalue weighted by Gasteiger charge is -2.36. The van der Waals surface area contributed by atoms with E-state index in [0.717, 1.165) is 39.0 Å². The summed E-state index contributed by atoms with van der Waals surface area (Å²) in [6, 6.07) is 6.12. The van der Waals surface area contributed by atoms with Crippen LogP contribution in [0.1, 0.15) is 33.9 Å². The summed E-state index contributed by atoms with van der Waals surface area (Å²) in [6.45, 7) is 4.47. The van der Waals surface area contributed by atoms with Crippen LogP contribution >= 0.6 is 0 Å². The molecule has 1 N–H and O–H groups in total. The quantitative estimate of drug-likeness (QED) is 0.877. The van der Waals surface area contributed by atoms with Crippen LogP contribution in [0, 0.1) is 0 Å². The van der Waals surface area contributed by atoms with Gasteiger partial charge in [0.15, 0.2) is 0 Å². The molecule has 0 saturated carbocycles. The highest BCUT2D eigenvalue weighted by Crippen LogP contribution is 2.36. The minimum Gasteiger partial charge on any atom is -0.478 e. The average molecular weight is 260 g/mol. The molecular formula is C15H20N2O2. The lowest BCUT2D eigenvalue weighted by Crippen LogP contribution is -2.45. The van der Waals surface area contributed by atoms with E-state index in [1.165, 1.54) is 11.1 Å². The van der Waals surface area contributed by atoms with E-state index < -0.39 is 5.97 Å². The van der Waals surface area contributed by atoms with Crippen molar-refractivity contribution < 1.29 is 9.90 Å². The Balaban J connectivity index is 1.80. The second kappa shape index (κ2) is 4.94. The van der Waals surface area contributed by atoms with Crippen LogP contribution in [0.3, 0.4) is 0 Å². The summed E-state index contributed by atoms with van der Waals surface area (Å²) in [7, 11) is 2.17. The number of benzene rings is 1. The van der Waals surface area contributed by atoms with Crippen molar-refractivity contribution in [2.75, 3.05) is 33.2 Å². The molecule has 2 aliphatic rings. The van der Waals surface area contributed by atoms with Gasteiger partial charge in [0.2, 0.25) is 0 Å². The molecule has 1 heterocycles. The Labute approximate surface area is 113 Å². The molecule has 0 aromatic heterocycles. The first-order valence-electron chi connectivity index (χ1n) is 6.94. The van der Waals surface area contributed by atoms with Crippen molar-refractivity contribution in [1.82, 2.24) is 9.80 Å². The van der Waals surface area contributed by atoms with Gasteiger partial charge in [0.25, 0.3) is 0 Å². The molecule has 4 heteroatoms. The molecule has 3 rings (SSSR count). The van der Waals surface area contributed by atoms with Gasteiger partial charge in [-0.05, 0) is 43.1 Å². The Kier molecular flexibility index (Phi) is 3.29. The number of hydrogen-bond donors (Lipinski definition) is 1. The van der Waals surface area contributed by atoms with E-state index in [-0.39, 0.29) is 0 Å². The number of carboxylic acid groups (broad SMARTS) is 1. The number of aryl methyl sites for hydroxylation is 1. The number of fused-ring (bicyclic) bond motifs is 1. The fourth-order valence-electron chi connectivity index (χ4n) is 3.24. The highest BCUT2D eigenvalue weighted by atomic mass is 16.4. The Bertz CT molecular complexity index is 493. The Morgan fingerprint density at radius 2 is 2.00 bits per heavy atom. The molecule has 1 aromatic carbocycles. The first-order chi connectivity index (χ1) is 9.15. The SMILES string of the molecule is CN1CCN([C@@H]2CCc3cc(C(=O)O)ccc32)CC1. The third kappa shape index (κ3) is 2.38. The molecule has 0 unspecified atom stereocenters. The van der Waals surface area contributed by atoms with Gasteiger partial charge in [-0.15, -0.1) is 0 Å². The van der Waals surface area contributed by atoms with Crippen molar-refractivity contribution in [3.8, 4) is 0 Å². The summed E-state index contributed by atoms with van der Waals surface area (Å²) in [5, 5.41) is 9.04. The number of likely N-dealkylation sites (N-methyl/N-ethyl adjacent to an activating group) is 1. The zero-order chi connectivity index (χ0) is 13.4. The monoisotopic (exact) mass is 260 g/mol. The van der Waals surface area contributed by atoms with Crippen LogP contribution in [-0.2, 0) is 6.42 Å². The van der Waals surface area contributed by atoms with Crippen molar-refractivity contribution in [1.29, 1.82) is 0 Å². The zero-order valence-electron chi connectivity index (χ0n) is 11.3. The van der Waals surface area contributed by atoms with Gasteiger partial charge < -0.3 is 10.0 Å². The van der Waals surface area contributed by atoms with Gasteiger partial charge in [0, 0.05) is 32.2 Å². The van der Waals surface area contributed by atoms with E-state index in [2.05, 4.69) is 16.8 Å². The Hall–Kier alpha value is -1.39. The standard InChI is InChI=1S/C15H20N2O2/c1-16-6-8-17(9-7-16)14-5-3-11-10-12(15(18)19)2-4-13(11)14/h2,4,10,14H,3,5-9H2,1H3,(H,18,19)/t14-/m1/s1. The van der Waals surface area contributed by atoms with Crippen molar-refractivity contribution >= 4 is 5.97 Å². The molecule has 1 aliphatic heterocycles. The van der Waals surface area contributed by atoms with Gasteiger partial charge in [-0.3, -0.25) is 4.90 Å². The van der Waals surface area contributed by atoms with E-state index in [9.17, 15) is 4.79 Å². The second-order valence-corrected chi connectivity index (χ2v) is 5.61. The molecule has 1 fully saturated rings. The normalized spacial score (nSPS) is 24.4. The maximum Gasteiger partial charge on any atom is 0.335 e. The van der Waals surface area contributed by atoms with Crippen LogP contribution in [0.2, 0.25) is 0 Å². The molecule has 4 nitrogen and oxygen atoms in total. The highest BCUT2D eigenvalue weighted by molar-refractivity contribution is 5.88. The lowest BCUT2D eigenvalue weighted by atomic mass is 10.0. The number of rotatable bonds is 2. The van der Waals surface area contributed by atoms with Crippen molar-refractivity contribution in [2.45, 2.75) is 18.9 Å². The van der Waals surface area contributed by atoms with Crippen LogP contribution < -0.4 is 0 Å².